The average molecular weight is 333 g/mol. The van der Waals surface area contributed by atoms with E-state index in [2.05, 4.69) is 46.1 Å². The van der Waals surface area contributed by atoms with Crippen LogP contribution in [0.4, 0.5) is 5.13 Å². The molecule has 2 aromatic heterocycles. The average Bonchev–Trinajstić information content (AvgIpc) is 3.18. The predicted octanol–water partition coefficient (Wildman–Crippen LogP) is 4.05. The number of hydrogen-bond donors (Lipinski definition) is 3. The van der Waals surface area contributed by atoms with Crippen molar-refractivity contribution in [1.29, 1.82) is 0 Å². The van der Waals surface area contributed by atoms with Crippen LogP contribution in [0.5, 0.6) is 5.75 Å². The van der Waals surface area contributed by atoms with Crippen LogP contribution in [0, 0.1) is 11.8 Å². The van der Waals surface area contributed by atoms with Gasteiger partial charge in [-0.25, -0.2) is 4.98 Å². The molecular formula is C19H15N3OS. The van der Waals surface area contributed by atoms with Crippen molar-refractivity contribution in [2.24, 2.45) is 0 Å². The lowest BCUT2D eigenvalue weighted by atomic mass is 10.1. The van der Waals surface area contributed by atoms with Gasteiger partial charge in [-0.05, 0) is 35.6 Å². The minimum absolute atomic E-state index is 0.126. The molecule has 118 valence electrons. The Balaban J connectivity index is 1.53. The molecule has 0 amide bonds. The number of fused-ring (bicyclic) bond motifs is 2. The summed E-state index contributed by atoms with van der Waals surface area (Å²) in [5, 5.41) is 11.7. The van der Waals surface area contributed by atoms with Gasteiger partial charge in [-0.15, -0.1) is 0 Å². The molecule has 0 fully saturated rings. The highest BCUT2D eigenvalue weighted by Crippen LogP contribution is 2.31. The number of nitrogens with one attached hydrogen (secondary N) is 1. The molecule has 5 heteroatoms. The van der Waals surface area contributed by atoms with Crippen LogP contribution in [0.25, 0.3) is 21.1 Å². The molecule has 0 bridgehead atoms. The quantitative estimate of drug-likeness (QED) is 0.484. The fourth-order valence-electron chi connectivity index (χ4n) is 2.82. The van der Waals surface area contributed by atoms with Gasteiger partial charge in [0.05, 0.1) is 4.70 Å². The summed E-state index contributed by atoms with van der Waals surface area (Å²) in [5.41, 5.74) is 9.46. The Labute approximate surface area is 143 Å². The third kappa shape index (κ3) is 2.68. The van der Waals surface area contributed by atoms with Gasteiger partial charge in [0, 0.05) is 23.7 Å². The molecule has 2 heterocycles. The Hall–Kier alpha value is -2.97. The van der Waals surface area contributed by atoms with E-state index in [-0.39, 0.29) is 5.75 Å². The van der Waals surface area contributed by atoms with Crippen molar-refractivity contribution in [3.8, 4) is 17.6 Å². The number of H-pyrrole nitrogens is 1. The Morgan fingerprint density at radius 1 is 1.25 bits per heavy atom. The number of phenols is 1. The van der Waals surface area contributed by atoms with E-state index in [1.54, 1.807) is 6.07 Å². The van der Waals surface area contributed by atoms with Crippen LogP contribution in [0.2, 0.25) is 0 Å². The summed E-state index contributed by atoms with van der Waals surface area (Å²) >= 11 is 1.35. The highest BCUT2D eigenvalue weighted by Gasteiger charge is 2.07. The smallest absolute Gasteiger partial charge is 0.181 e. The van der Waals surface area contributed by atoms with Crippen molar-refractivity contribution in [2.75, 3.05) is 5.73 Å². The van der Waals surface area contributed by atoms with Gasteiger partial charge in [0.15, 0.2) is 5.13 Å². The minimum atomic E-state index is 0.126. The molecule has 4 nitrogen and oxygen atoms in total. The number of nitrogens with zero attached hydrogens (tertiary/aromatic N) is 1. The number of aromatic hydroxyl groups is 1. The van der Waals surface area contributed by atoms with Crippen LogP contribution in [-0.2, 0) is 6.42 Å². The Morgan fingerprint density at radius 3 is 3.08 bits per heavy atom. The van der Waals surface area contributed by atoms with Crippen LogP contribution < -0.4 is 5.73 Å². The van der Waals surface area contributed by atoms with Crippen molar-refractivity contribution in [1.82, 2.24) is 9.97 Å². The van der Waals surface area contributed by atoms with Gasteiger partial charge in [-0.2, -0.15) is 0 Å². The number of aromatic nitrogens is 2. The fourth-order valence-corrected chi connectivity index (χ4v) is 3.62. The number of aryl methyl sites for hydroxylation is 1. The monoisotopic (exact) mass is 333 g/mol. The first-order valence-electron chi connectivity index (χ1n) is 7.63. The normalized spacial score (nSPS) is 10.8. The zero-order chi connectivity index (χ0) is 16.5. The van der Waals surface area contributed by atoms with Crippen molar-refractivity contribution in [2.45, 2.75) is 12.8 Å². The molecule has 0 atom stereocenters. The summed E-state index contributed by atoms with van der Waals surface area (Å²) in [7, 11) is 0. The van der Waals surface area contributed by atoms with Crippen molar-refractivity contribution >= 4 is 37.6 Å². The second kappa shape index (κ2) is 5.91. The van der Waals surface area contributed by atoms with Gasteiger partial charge in [0.1, 0.15) is 11.3 Å². The molecule has 0 aliphatic rings. The predicted molar refractivity (Wildman–Crippen MR) is 99.2 cm³/mol. The molecule has 24 heavy (non-hydrogen) atoms. The number of nitrogen functional groups attached to an aromatic ring is 1. The van der Waals surface area contributed by atoms with Crippen LogP contribution in [-0.4, -0.2) is 15.1 Å². The van der Waals surface area contributed by atoms with Crippen molar-refractivity contribution in [3.63, 3.8) is 0 Å². The third-order valence-corrected chi connectivity index (χ3v) is 4.75. The van der Waals surface area contributed by atoms with Crippen molar-refractivity contribution in [3.05, 3.63) is 53.7 Å². The molecule has 2 aromatic carbocycles. The number of phenolic OH excluding ortho intramolecular Hbond substituents is 1. The number of aromatic amines is 1. The van der Waals surface area contributed by atoms with Gasteiger partial charge >= 0.3 is 0 Å². The van der Waals surface area contributed by atoms with Crippen LogP contribution in [0.3, 0.4) is 0 Å². The molecule has 0 unspecified atom stereocenters. The molecule has 4 rings (SSSR count). The summed E-state index contributed by atoms with van der Waals surface area (Å²) in [6.07, 6.45) is 3.59. The summed E-state index contributed by atoms with van der Waals surface area (Å²) in [5.74, 6) is 6.43. The maximum atomic E-state index is 10.0. The first kappa shape index (κ1) is 14.6. The van der Waals surface area contributed by atoms with Gasteiger partial charge in [0.2, 0.25) is 0 Å². The topological polar surface area (TPSA) is 74.9 Å². The SMILES string of the molecule is Nc1nc2c(O)cc(C#CCCc3cccc4cc[nH]c34)cc2s1. The minimum Gasteiger partial charge on any atom is -0.506 e. The van der Waals surface area contributed by atoms with Gasteiger partial charge in [0.25, 0.3) is 0 Å². The molecule has 0 aliphatic carbocycles. The summed E-state index contributed by atoms with van der Waals surface area (Å²) in [4.78, 5) is 7.39. The fraction of sp³-hybridized carbons (Fsp3) is 0.105. The summed E-state index contributed by atoms with van der Waals surface area (Å²) in [6, 6.07) is 11.9. The lowest BCUT2D eigenvalue weighted by molar-refractivity contribution is 0.480. The van der Waals surface area contributed by atoms with E-state index < -0.39 is 0 Å². The largest absolute Gasteiger partial charge is 0.506 e. The first-order chi connectivity index (χ1) is 11.7. The van der Waals surface area contributed by atoms with E-state index in [1.807, 2.05) is 12.3 Å². The number of anilines is 1. The van der Waals surface area contributed by atoms with Gasteiger partial charge < -0.3 is 15.8 Å². The molecule has 0 aliphatic heterocycles. The highest BCUT2D eigenvalue weighted by atomic mass is 32.1. The Bertz CT molecular complexity index is 1100. The highest BCUT2D eigenvalue weighted by molar-refractivity contribution is 7.22. The molecule has 4 aromatic rings. The zero-order valence-corrected chi connectivity index (χ0v) is 13.7. The first-order valence-corrected chi connectivity index (χ1v) is 8.45. The second-order valence-corrected chi connectivity index (χ2v) is 6.62. The maximum absolute atomic E-state index is 10.0. The van der Waals surface area contributed by atoms with Crippen LogP contribution in [0.15, 0.2) is 42.6 Å². The standard InChI is InChI=1S/C19H15N3OS/c20-19-22-18-15(23)10-12(11-16(18)24-19)4-1-2-5-13-6-3-7-14-8-9-21-17(13)14/h3,6-11,21,23H,2,5H2,(H2,20,22). The number of benzene rings is 2. The number of rotatable bonds is 2. The van der Waals surface area contributed by atoms with Crippen LogP contribution >= 0.6 is 11.3 Å². The number of hydrogen-bond acceptors (Lipinski definition) is 4. The second-order valence-electron chi connectivity index (χ2n) is 5.56. The molecule has 0 saturated heterocycles. The Kier molecular flexibility index (Phi) is 3.60. The van der Waals surface area contributed by atoms with E-state index >= 15 is 0 Å². The van der Waals surface area contributed by atoms with E-state index in [4.69, 9.17) is 5.73 Å². The molecule has 0 saturated carbocycles. The van der Waals surface area contributed by atoms with Gasteiger partial charge in [-0.1, -0.05) is 41.4 Å². The van der Waals surface area contributed by atoms with E-state index in [0.29, 0.717) is 10.6 Å². The van der Waals surface area contributed by atoms with Gasteiger partial charge in [-0.3, -0.25) is 0 Å². The third-order valence-electron chi connectivity index (χ3n) is 3.92. The number of nitrogens with two attached hydrogens (primary N) is 1. The van der Waals surface area contributed by atoms with Crippen molar-refractivity contribution < 1.29 is 5.11 Å². The number of para-hydroxylation sites is 1. The van der Waals surface area contributed by atoms with E-state index in [9.17, 15) is 5.11 Å². The lowest BCUT2D eigenvalue weighted by Crippen LogP contribution is -1.85. The molecule has 0 spiro atoms. The zero-order valence-electron chi connectivity index (χ0n) is 12.8. The van der Waals surface area contributed by atoms with E-state index in [0.717, 1.165) is 23.1 Å². The molecule has 0 radical (unpaired) electrons. The van der Waals surface area contributed by atoms with Crippen LogP contribution in [0.1, 0.15) is 17.5 Å². The summed E-state index contributed by atoms with van der Waals surface area (Å²) in [6.45, 7) is 0. The summed E-state index contributed by atoms with van der Waals surface area (Å²) < 4.78 is 0.855. The van der Waals surface area contributed by atoms with E-state index in [1.165, 1.54) is 27.8 Å². The Morgan fingerprint density at radius 2 is 2.17 bits per heavy atom. The molecule has 4 N–H and O–H groups in total. The number of thiazole rings is 1. The maximum Gasteiger partial charge on any atom is 0.181 e. The lowest BCUT2D eigenvalue weighted by Gasteiger charge is -2.00. The molecular weight excluding hydrogens is 318 g/mol.